The zero-order valence-corrected chi connectivity index (χ0v) is 14.3. The summed E-state index contributed by atoms with van der Waals surface area (Å²) >= 11 is 0. The monoisotopic (exact) mass is 336 g/mol. The van der Waals surface area contributed by atoms with Crippen LogP contribution in [0.3, 0.4) is 0 Å². The first kappa shape index (κ1) is 16.8. The first-order valence-electron chi connectivity index (χ1n) is 8.21. The van der Waals surface area contributed by atoms with Crippen molar-refractivity contribution < 1.29 is 9.32 Å². The van der Waals surface area contributed by atoms with Gasteiger partial charge in [0.1, 0.15) is 0 Å². The summed E-state index contributed by atoms with van der Waals surface area (Å²) in [6, 6.07) is 12.0. The molecule has 6 nitrogen and oxygen atoms in total. The van der Waals surface area contributed by atoms with E-state index in [1.54, 1.807) is 13.1 Å². The van der Waals surface area contributed by atoms with Crippen LogP contribution in [0, 0.1) is 6.92 Å². The second kappa shape index (κ2) is 7.70. The lowest BCUT2D eigenvalue weighted by atomic mass is 10.0. The summed E-state index contributed by atoms with van der Waals surface area (Å²) < 4.78 is 5.01. The molecule has 25 heavy (non-hydrogen) atoms. The Balaban J connectivity index is 1.55. The van der Waals surface area contributed by atoms with Crippen molar-refractivity contribution >= 4 is 5.91 Å². The van der Waals surface area contributed by atoms with E-state index in [1.807, 2.05) is 49.5 Å². The zero-order valence-electron chi connectivity index (χ0n) is 14.3. The number of rotatable bonds is 6. The second-order valence-electron chi connectivity index (χ2n) is 5.89. The number of aryl methyl sites for hydroxylation is 2. The van der Waals surface area contributed by atoms with Gasteiger partial charge in [-0.3, -0.25) is 9.78 Å². The van der Waals surface area contributed by atoms with Gasteiger partial charge >= 0.3 is 0 Å². The fourth-order valence-electron chi connectivity index (χ4n) is 2.56. The molecule has 0 fully saturated rings. The molecule has 0 saturated heterocycles. The quantitative estimate of drug-likeness (QED) is 0.747. The third kappa shape index (κ3) is 4.50. The summed E-state index contributed by atoms with van der Waals surface area (Å²) in [6.45, 7) is 3.72. The van der Waals surface area contributed by atoms with Gasteiger partial charge < -0.3 is 9.84 Å². The Morgan fingerprint density at radius 1 is 1.20 bits per heavy atom. The highest BCUT2D eigenvalue weighted by Crippen LogP contribution is 2.21. The molecule has 1 atom stereocenters. The van der Waals surface area contributed by atoms with Crippen LogP contribution in [0.4, 0.5) is 0 Å². The molecule has 1 N–H and O–H groups in total. The van der Waals surface area contributed by atoms with Gasteiger partial charge in [0, 0.05) is 25.2 Å². The number of aromatic nitrogens is 3. The lowest BCUT2D eigenvalue weighted by Crippen LogP contribution is -2.26. The number of carbonyl (C=O) groups excluding carboxylic acids is 1. The van der Waals surface area contributed by atoms with Gasteiger partial charge in [-0.1, -0.05) is 35.5 Å². The van der Waals surface area contributed by atoms with Crippen molar-refractivity contribution in [2.75, 3.05) is 0 Å². The highest BCUT2D eigenvalue weighted by atomic mass is 16.5. The van der Waals surface area contributed by atoms with Crippen LogP contribution in [0.1, 0.15) is 36.7 Å². The van der Waals surface area contributed by atoms with E-state index in [2.05, 4.69) is 20.4 Å². The standard InChI is InChI=1S/C19H20N4O2/c1-13(21-18(24)9-10-19-22-14(2)23-25-19)15-5-7-16(8-6-15)17-4-3-11-20-12-17/h3-8,11-13H,9-10H2,1-2H3,(H,21,24). The molecule has 0 radical (unpaired) electrons. The number of benzene rings is 1. The van der Waals surface area contributed by atoms with E-state index >= 15 is 0 Å². The van der Waals surface area contributed by atoms with Crippen LogP contribution >= 0.6 is 0 Å². The summed E-state index contributed by atoms with van der Waals surface area (Å²) in [6.07, 6.45) is 4.35. The van der Waals surface area contributed by atoms with E-state index < -0.39 is 0 Å². The van der Waals surface area contributed by atoms with E-state index in [1.165, 1.54) is 0 Å². The van der Waals surface area contributed by atoms with E-state index in [-0.39, 0.29) is 11.9 Å². The number of hydrogen-bond donors (Lipinski definition) is 1. The van der Waals surface area contributed by atoms with E-state index in [0.29, 0.717) is 24.6 Å². The third-order valence-electron chi connectivity index (χ3n) is 3.92. The van der Waals surface area contributed by atoms with Gasteiger partial charge in [-0.05, 0) is 36.6 Å². The van der Waals surface area contributed by atoms with Crippen LogP contribution < -0.4 is 5.32 Å². The van der Waals surface area contributed by atoms with Crippen LogP contribution in [0.25, 0.3) is 11.1 Å². The average Bonchev–Trinajstić information content (AvgIpc) is 3.06. The molecule has 3 aromatic rings. The molecular weight excluding hydrogens is 316 g/mol. The SMILES string of the molecule is Cc1noc(CCC(=O)NC(C)c2ccc(-c3cccnc3)cc2)n1. The van der Waals surface area contributed by atoms with Crippen LogP contribution in [0.15, 0.2) is 53.3 Å². The number of hydrogen-bond acceptors (Lipinski definition) is 5. The Kier molecular flexibility index (Phi) is 5.18. The lowest BCUT2D eigenvalue weighted by Gasteiger charge is -2.14. The first-order chi connectivity index (χ1) is 12.1. The molecule has 2 heterocycles. The predicted octanol–water partition coefficient (Wildman–Crippen LogP) is 3.25. The molecule has 0 saturated carbocycles. The number of carbonyl (C=O) groups is 1. The van der Waals surface area contributed by atoms with Crippen LogP contribution in [0.5, 0.6) is 0 Å². The molecule has 3 rings (SSSR count). The van der Waals surface area contributed by atoms with Crippen molar-refractivity contribution in [3.8, 4) is 11.1 Å². The Morgan fingerprint density at radius 2 is 2.00 bits per heavy atom. The average molecular weight is 336 g/mol. The highest BCUT2D eigenvalue weighted by Gasteiger charge is 2.12. The minimum Gasteiger partial charge on any atom is -0.350 e. The summed E-state index contributed by atoms with van der Waals surface area (Å²) in [4.78, 5) is 20.3. The Bertz CT molecular complexity index is 828. The smallest absolute Gasteiger partial charge is 0.227 e. The largest absolute Gasteiger partial charge is 0.350 e. The molecule has 0 aliphatic rings. The van der Waals surface area contributed by atoms with Crippen LogP contribution in [-0.2, 0) is 11.2 Å². The first-order valence-corrected chi connectivity index (χ1v) is 8.21. The minimum absolute atomic E-state index is 0.0420. The van der Waals surface area contributed by atoms with Gasteiger partial charge in [-0.25, -0.2) is 0 Å². The third-order valence-corrected chi connectivity index (χ3v) is 3.92. The van der Waals surface area contributed by atoms with Crippen LogP contribution in [0.2, 0.25) is 0 Å². The molecule has 0 bridgehead atoms. The molecule has 1 amide bonds. The molecule has 1 aromatic carbocycles. The van der Waals surface area contributed by atoms with Crippen molar-refractivity contribution in [3.05, 3.63) is 66.1 Å². The van der Waals surface area contributed by atoms with Gasteiger partial charge in [-0.15, -0.1) is 0 Å². The van der Waals surface area contributed by atoms with Gasteiger partial charge in [0.05, 0.1) is 6.04 Å². The topological polar surface area (TPSA) is 80.9 Å². The predicted molar refractivity (Wildman–Crippen MR) is 93.6 cm³/mol. The summed E-state index contributed by atoms with van der Waals surface area (Å²) in [5.74, 6) is 1.03. The van der Waals surface area contributed by atoms with Crippen molar-refractivity contribution in [1.82, 2.24) is 20.4 Å². The number of nitrogens with one attached hydrogen (secondary N) is 1. The fraction of sp³-hybridized carbons (Fsp3) is 0.263. The van der Waals surface area contributed by atoms with Gasteiger partial charge in [0.15, 0.2) is 5.82 Å². The fourth-order valence-corrected chi connectivity index (χ4v) is 2.56. The second-order valence-corrected chi connectivity index (χ2v) is 5.89. The minimum atomic E-state index is -0.0696. The van der Waals surface area contributed by atoms with Crippen molar-refractivity contribution in [3.63, 3.8) is 0 Å². The molecular formula is C19H20N4O2. The van der Waals surface area contributed by atoms with Gasteiger partial charge in [-0.2, -0.15) is 4.98 Å². The van der Waals surface area contributed by atoms with Crippen molar-refractivity contribution in [2.45, 2.75) is 32.7 Å². The Morgan fingerprint density at radius 3 is 2.64 bits per heavy atom. The molecule has 1 unspecified atom stereocenters. The van der Waals surface area contributed by atoms with E-state index in [0.717, 1.165) is 16.7 Å². The summed E-state index contributed by atoms with van der Waals surface area (Å²) in [7, 11) is 0. The molecule has 6 heteroatoms. The normalized spacial score (nSPS) is 11.9. The van der Waals surface area contributed by atoms with Crippen LogP contribution in [-0.4, -0.2) is 21.0 Å². The van der Waals surface area contributed by atoms with Crippen molar-refractivity contribution in [1.29, 1.82) is 0 Å². The molecule has 0 spiro atoms. The molecule has 0 aliphatic heterocycles. The molecule has 128 valence electrons. The Hall–Kier alpha value is -3.02. The maximum atomic E-state index is 12.1. The Labute approximate surface area is 146 Å². The van der Waals surface area contributed by atoms with E-state index in [4.69, 9.17) is 4.52 Å². The summed E-state index contributed by atoms with van der Waals surface area (Å²) in [5.41, 5.74) is 3.22. The zero-order chi connectivity index (χ0) is 17.6. The lowest BCUT2D eigenvalue weighted by molar-refractivity contribution is -0.121. The van der Waals surface area contributed by atoms with Gasteiger partial charge in [0.2, 0.25) is 11.8 Å². The maximum absolute atomic E-state index is 12.1. The molecule has 2 aromatic heterocycles. The molecule has 0 aliphatic carbocycles. The van der Waals surface area contributed by atoms with Gasteiger partial charge in [0.25, 0.3) is 0 Å². The van der Waals surface area contributed by atoms with Crippen molar-refractivity contribution in [2.24, 2.45) is 0 Å². The highest BCUT2D eigenvalue weighted by molar-refractivity contribution is 5.76. The maximum Gasteiger partial charge on any atom is 0.227 e. The number of nitrogens with zero attached hydrogens (tertiary/aromatic N) is 3. The van der Waals surface area contributed by atoms with E-state index in [9.17, 15) is 4.79 Å². The number of amides is 1. The summed E-state index contributed by atoms with van der Waals surface area (Å²) in [5, 5.41) is 6.71. The number of pyridine rings is 1.